The third-order valence-electron chi connectivity index (χ3n) is 7.72. The Morgan fingerprint density at radius 1 is 1.19 bits per heavy atom. The molecule has 3 aromatic rings. The summed E-state index contributed by atoms with van der Waals surface area (Å²) in [6.45, 7) is 7.54. The van der Waals surface area contributed by atoms with Crippen molar-refractivity contribution in [2.45, 2.75) is 70.7 Å². The number of aryl methyl sites for hydroxylation is 2. The number of ether oxygens (including phenoxy) is 1. The lowest BCUT2D eigenvalue weighted by molar-refractivity contribution is -0.758. The van der Waals surface area contributed by atoms with Crippen LogP contribution in [0.25, 0.3) is 22.4 Å². The molecule has 0 radical (unpaired) electrons. The van der Waals surface area contributed by atoms with Crippen molar-refractivity contribution in [1.82, 2.24) is 18.8 Å². The molecule has 1 aromatic carbocycles. The number of rotatable bonds is 14. The van der Waals surface area contributed by atoms with Gasteiger partial charge in [0, 0.05) is 38.5 Å². The smallest absolute Gasteiger partial charge is 0.294 e. The summed E-state index contributed by atoms with van der Waals surface area (Å²) in [5.41, 5.74) is 2.84. The van der Waals surface area contributed by atoms with E-state index < -0.39 is 15.1 Å². The maximum Gasteiger partial charge on any atom is 0.294 e. The van der Waals surface area contributed by atoms with E-state index in [1.165, 1.54) is 16.4 Å². The summed E-state index contributed by atoms with van der Waals surface area (Å²) in [4.78, 5) is 40.5. The van der Waals surface area contributed by atoms with Crippen molar-refractivity contribution < 1.29 is 23.1 Å². The largest absolute Gasteiger partial charge is 0.493 e. The molecule has 0 saturated carbocycles. The van der Waals surface area contributed by atoms with Crippen molar-refractivity contribution >= 4 is 27.3 Å². The zero-order chi connectivity index (χ0) is 31.1. The summed E-state index contributed by atoms with van der Waals surface area (Å²) < 4.78 is 36.8. The number of benzene rings is 1. The van der Waals surface area contributed by atoms with Gasteiger partial charge in [-0.1, -0.05) is 20.3 Å². The molecule has 1 saturated heterocycles. The summed E-state index contributed by atoms with van der Waals surface area (Å²) in [7, 11) is -2.19. The van der Waals surface area contributed by atoms with Gasteiger partial charge in [0.05, 0.1) is 29.4 Å². The SMILES string of the molecule is CCCOc1ccc(S(=O)(=O)N2CCC(CCO[N+](=O)[O-])CC2)cc1-c1nc2c(CCC)c(C=NC)n(CC)c2c(=O)[nH]1. The van der Waals surface area contributed by atoms with Crippen LogP contribution < -0.4 is 10.3 Å². The first-order valence-corrected chi connectivity index (χ1v) is 16.2. The van der Waals surface area contributed by atoms with Gasteiger partial charge in [-0.2, -0.15) is 4.31 Å². The highest BCUT2D eigenvalue weighted by Crippen LogP contribution is 2.34. The highest BCUT2D eigenvalue weighted by molar-refractivity contribution is 7.89. The molecule has 4 rings (SSSR count). The second-order valence-electron chi connectivity index (χ2n) is 10.6. The maximum absolute atomic E-state index is 13.7. The van der Waals surface area contributed by atoms with E-state index in [1.54, 1.807) is 19.3 Å². The zero-order valence-corrected chi connectivity index (χ0v) is 26.0. The van der Waals surface area contributed by atoms with Crippen LogP contribution >= 0.6 is 0 Å². The van der Waals surface area contributed by atoms with Crippen molar-refractivity contribution in [3.63, 3.8) is 0 Å². The quantitative estimate of drug-likeness (QED) is 0.160. The van der Waals surface area contributed by atoms with E-state index in [0.717, 1.165) is 24.1 Å². The molecule has 14 heteroatoms. The normalized spacial score (nSPS) is 15.0. The molecule has 43 heavy (non-hydrogen) atoms. The second-order valence-corrected chi connectivity index (χ2v) is 12.5. The first-order valence-electron chi connectivity index (χ1n) is 14.8. The molecule has 1 fully saturated rings. The number of hydrogen-bond donors (Lipinski definition) is 1. The van der Waals surface area contributed by atoms with Gasteiger partial charge in [-0.05, 0) is 63.1 Å². The van der Waals surface area contributed by atoms with Crippen molar-refractivity contribution in [3.05, 3.63) is 49.9 Å². The fourth-order valence-corrected chi connectivity index (χ4v) is 7.13. The van der Waals surface area contributed by atoms with Crippen LogP contribution in [0.15, 0.2) is 32.9 Å². The van der Waals surface area contributed by atoms with E-state index in [9.17, 15) is 23.3 Å². The first kappa shape index (κ1) is 32.1. The van der Waals surface area contributed by atoms with E-state index in [-0.39, 0.29) is 28.8 Å². The summed E-state index contributed by atoms with van der Waals surface area (Å²) >= 11 is 0. The number of aromatic amines is 1. The van der Waals surface area contributed by atoms with E-state index in [1.807, 2.05) is 18.4 Å². The molecule has 3 heterocycles. The minimum Gasteiger partial charge on any atom is -0.493 e. The minimum atomic E-state index is -3.87. The second kappa shape index (κ2) is 14.1. The highest BCUT2D eigenvalue weighted by atomic mass is 32.2. The molecular formula is C29H40N6O7S. The predicted molar refractivity (Wildman–Crippen MR) is 164 cm³/mol. The Morgan fingerprint density at radius 3 is 2.56 bits per heavy atom. The molecule has 13 nitrogen and oxygen atoms in total. The number of H-pyrrole nitrogens is 1. The molecule has 0 amide bonds. The number of nitrogens with one attached hydrogen (secondary N) is 1. The Balaban J connectivity index is 1.75. The van der Waals surface area contributed by atoms with Crippen LogP contribution in [0.1, 0.15) is 64.1 Å². The number of aromatic nitrogens is 3. The zero-order valence-electron chi connectivity index (χ0n) is 25.2. The van der Waals surface area contributed by atoms with Gasteiger partial charge in [-0.15, -0.1) is 10.1 Å². The van der Waals surface area contributed by atoms with E-state index in [4.69, 9.17) is 9.72 Å². The minimum absolute atomic E-state index is 0.00308. The Kier molecular flexibility index (Phi) is 10.6. The number of nitrogens with zero attached hydrogens (tertiary/aromatic N) is 5. The predicted octanol–water partition coefficient (Wildman–Crippen LogP) is 4.20. The lowest BCUT2D eigenvalue weighted by Crippen LogP contribution is -2.38. The summed E-state index contributed by atoms with van der Waals surface area (Å²) in [5, 5.41) is 9.62. The average Bonchev–Trinajstić information content (AvgIpc) is 3.29. The number of piperidine rings is 1. The average molecular weight is 617 g/mol. The van der Waals surface area contributed by atoms with Crippen molar-refractivity contribution in [1.29, 1.82) is 0 Å². The van der Waals surface area contributed by atoms with Crippen LogP contribution in [0.2, 0.25) is 0 Å². The third kappa shape index (κ3) is 6.90. The van der Waals surface area contributed by atoms with Gasteiger partial charge in [0.2, 0.25) is 10.0 Å². The van der Waals surface area contributed by atoms with Crippen LogP contribution in [-0.4, -0.2) is 71.9 Å². The fraction of sp³-hybridized carbons (Fsp3) is 0.552. The summed E-state index contributed by atoms with van der Waals surface area (Å²) in [6, 6.07) is 4.65. The third-order valence-corrected chi connectivity index (χ3v) is 9.61. The van der Waals surface area contributed by atoms with Gasteiger partial charge >= 0.3 is 0 Å². The van der Waals surface area contributed by atoms with Crippen LogP contribution in [-0.2, 0) is 27.8 Å². The molecule has 1 N–H and O–H groups in total. The molecule has 1 aliphatic heterocycles. The Hall–Kier alpha value is -3.78. The molecule has 0 aliphatic carbocycles. The topological polar surface area (TPSA) is 162 Å². The monoisotopic (exact) mass is 616 g/mol. The van der Waals surface area contributed by atoms with Crippen LogP contribution in [0.5, 0.6) is 5.75 Å². The van der Waals surface area contributed by atoms with Crippen molar-refractivity contribution in [2.24, 2.45) is 10.9 Å². The van der Waals surface area contributed by atoms with Gasteiger partial charge in [-0.3, -0.25) is 9.79 Å². The fourth-order valence-electron chi connectivity index (χ4n) is 5.63. The van der Waals surface area contributed by atoms with Gasteiger partial charge in [0.25, 0.3) is 10.6 Å². The molecule has 234 valence electrons. The Bertz CT molecular complexity index is 1640. The highest BCUT2D eigenvalue weighted by Gasteiger charge is 2.31. The molecule has 0 atom stereocenters. The molecule has 0 bridgehead atoms. The summed E-state index contributed by atoms with van der Waals surface area (Å²) in [6.07, 6.45) is 5.68. The molecule has 0 unspecified atom stereocenters. The van der Waals surface area contributed by atoms with E-state index in [0.29, 0.717) is 74.3 Å². The Labute approximate surface area is 251 Å². The number of fused-ring (bicyclic) bond motifs is 1. The van der Waals surface area contributed by atoms with Gasteiger partial charge < -0.3 is 19.1 Å². The first-order chi connectivity index (χ1) is 20.7. The van der Waals surface area contributed by atoms with E-state index >= 15 is 0 Å². The van der Waals surface area contributed by atoms with E-state index in [2.05, 4.69) is 21.7 Å². The van der Waals surface area contributed by atoms with Crippen LogP contribution in [0.3, 0.4) is 0 Å². The molecular weight excluding hydrogens is 576 g/mol. The maximum atomic E-state index is 13.7. The van der Waals surface area contributed by atoms with Gasteiger partial charge in [0.15, 0.2) is 0 Å². The molecule has 2 aromatic heterocycles. The van der Waals surface area contributed by atoms with Gasteiger partial charge in [-0.25, -0.2) is 13.4 Å². The van der Waals surface area contributed by atoms with Crippen molar-refractivity contribution in [3.8, 4) is 17.1 Å². The summed E-state index contributed by atoms with van der Waals surface area (Å²) in [5.74, 6) is 0.800. The number of aliphatic imine (C=N–C) groups is 1. The molecule has 1 aliphatic rings. The van der Waals surface area contributed by atoms with Crippen molar-refractivity contribution in [2.75, 3.05) is 33.4 Å². The van der Waals surface area contributed by atoms with Crippen LogP contribution in [0, 0.1) is 16.0 Å². The van der Waals surface area contributed by atoms with Crippen LogP contribution in [0.4, 0.5) is 0 Å². The lowest BCUT2D eigenvalue weighted by Gasteiger charge is -2.31. The number of sulfonamides is 1. The Morgan fingerprint density at radius 2 is 1.93 bits per heavy atom. The lowest BCUT2D eigenvalue weighted by atomic mass is 9.95. The standard InChI is InChI=1S/C29H40N6O7S/c1-5-8-22-24(19-30-4)34(7-3)27-26(22)31-28(32-29(27)36)23-18-21(9-10-25(23)41-16-6-2)43(39,40)33-14-11-20(12-15-33)13-17-42-35(37)38/h9-10,18-20H,5-8,11-17H2,1-4H3,(H,31,32,36). The van der Waals surface area contributed by atoms with Gasteiger partial charge in [0.1, 0.15) is 22.6 Å². The number of hydrogen-bond acceptors (Lipinski definition) is 9. The molecule has 0 spiro atoms.